The van der Waals surface area contributed by atoms with Crippen LogP contribution in [-0.2, 0) is 6.61 Å². The van der Waals surface area contributed by atoms with Crippen LogP contribution in [0.1, 0.15) is 50.8 Å². The Hall–Kier alpha value is -0.900. The third-order valence-corrected chi connectivity index (χ3v) is 4.65. The summed E-state index contributed by atoms with van der Waals surface area (Å²) in [7, 11) is 0. The molecular formula is C18H30N2O. The summed E-state index contributed by atoms with van der Waals surface area (Å²) in [6.07, 6.45) is 2.69. The van der Waals surface area contributed by atoms with Crippen molar-refractivity contribution in [2.75, 3.05) is 19.6 Å². The number of aliphatic hydroxyl groups excluding tert-OH is 1. The molecule has 0 bridgehead atoms. The first kappa shape index (κ1) is 16.5. The normalized spacial score (nSPS) is 19.1. The van der Waals surface area contributed by atoms with E-state index in [2.05, 4.69) is 43.1 Å². The van der Waals surface area contributed by atoms with Crippen molar-refractivity contribution in [1.29, 1.82) is 0 Å². The molecule has 0 saturated carbocycles. The van der Waals surface area contributed by atoms with Gasteiger partial charge in [-0.3, -0.25) is 4.90 Å². The van der Waals surface area contributed by atoms with Gasteiger partial charge in [0.2, 0.25) is 0 Å². The quantitative estimate of drug-likeness (QED) is 0.810. The number of nitrogens with zero attached hydrogens (tertiary/aromatic N) is 1. The second kappa shape index (κ2) is 7.92. The molecule has 2 rings (SSSR count). The van der Waals surface area contributed by atoms with Crippen molar-refractivity contribution in [2.24, 2.45) is 5.92 Å². The van der Waals surface area contributed by atoms with E-state index in [1.807, 2.05) is 12.1 Å². The molecule has 1 heterocycles. The smallest absolute Gasteiger partial charge is 0.0681 e. The van der Waals surface area contributed by atoms with E-state index >= 15 is 0 Å². The van der Waals surface area contributed by atoms with Crippen LogP contribution in [0.5, 0.6) is 0 Å². The molecule has 2 unspecified atom stereocenters. The monoisotopic (exact) mass is 290 g/mol. The topological polar surface area (TPSA) is 35.5 Å². The number of hydrogen-bond donors (Lipinski definition) is 2. The molecule has 1 fully saturated rings. The molecule has 1 aliphatic heterocycles. The molecule has 21 heavy (non-hydrogen) atoms. The first-order valence-electron chi connectivity index (χ1n) is 8.29. The molecule has 3 nitrogen and oxygen atoms in total. The summed E-state index contributed by atoms with van der Waals surface area (Å²) in [5, 5.41) is 12.9. The Balaban J connectivity index is 1.92. The number of benzene rings is 1. The Labute approximate surface area is 129 Å². The maximum Gasteiger partial charge on any atom is 0.0681 e. The minimum atomic E-state index is 0.114. The van der Waals surface area contributed by atoms with Crippen molar-refractivity contribution in [3.63, 3.8) is 0 Å². The van der Waals surface area contributed by atoms with Gasteiger partial charge < -0.3 is 10.4 Å². The van der Waals surface area contributed by atoms with Crippen LogP contribution in [-0.4, -0.2) is 35.7 Å². The first-order valence-corrected chi connectivity index (χ1v) is 8.29. The lowest BCUT2D eigenvalue weighted by Crippen LogP contribution is -2.44. The van der Waals surface area contributed by atoms with Crippen LogP contribution in [0.2, 0.25) is 0 Å². The average molecular weight is 290 g/mol. The molecule has 1 aromatic carbocycles. The van der Waals surface area contributed by atoms with E-state index in [9.17, 15) is 5.11 Å². The van der Waals surface area contributed by atoms with E-state index in [0.29, 0.717) is 18.0 Å². The van der Waals surface area contributed by atoms with Crippen molar-refractivity contribution in [1.82, 2.24) is 10.2 Å². The first-order chi connectivity index (χ1) is 10.1. The zero-order chi connectivity index (χ0) is 15.2. The van der Waals surface area contributed by atoms with Crippen LogP contribution in [0, 0.1) is 5.92 Å². The van der Waals surface area contributed by atoms with Crippen LogP contribution in [0.25, 0.3) is 0 Å². The SMILES string of the molecule is CC(NCC(C(C)C)N1CCCC1)c1cccc(CO)c1. The number of likely N-dealkylation sites (tertiary alicyclic amines) is 1. The van der Waals surface area contributed by atoms with Crippen molar-refractivity contribution in [2.45, 2.75) is 52.3 Å². The van der Waals surface area contributed by atoms with Crippen molar-refractivity contribution >= 4 is 0 Å². The molecule has 3 heteroatoms. The molecule has 0 amide bonds. The Morgan fingerprint density at radius 1 is 1.19 bits per heavy atom. The van der Waals surface area contributed by atoms with Gasteiger partial charge in [-0.1, -0.05) is 38.1 Å². The summed E-state index contributed by atoms with van der Waals surface area (Å²) >= 11 is 0. The zero-order valence-electron chi connectivity index (χ0n) is 13.7. The number of rotatable bonds is 7. The lowest BCUT2D eigenvalue weighted by molar-refractivity contribution is 0.183. The van der Waals surface area contributed by atoms with Gasteiger partial charge in [-0.05, 0) is 49.9 Å². The molecule has 1 aromatic rings. The summed E-state index contributed by atoms with van der Waals surface area (Å²) in [6.45, 7) is 10.5. The van der Waals surface area contributed by atoms with Gasteiger partial charge in [0.05, 0.1) is 6.61 Å². The fourth-order valence-corrected chi connectivity index (χ4v) is 3.24. The lowest BCUT2D eigenvalue weighted by Gasteiger charge is -2.32. The Morgan fingerprint density at radius 3 is 2.52 bits per heavy atom. The number of hydrogen-bond acceptors (Lipinski definition) is 3. The minimum Gasteiger partial charge on any atom is -0.392 e. The standard InChI is InChI=1S/C18H30N2O/c1-14(2)18(20-9-4-5-10-20)12-19-15(3)17-8-6-7-16(11-17)13-21/h6-8,11,14-15,18-19,21H,4-5,9-10,12-13H2,1-3H3. The summed E-state index contributed by atoms with van der Waals surface area (Å²) in [6, 6.07) is 9.17. The third kappa shape index (κ3) is 4.53. The number of nitrogens with one attached hydrogen (secondary N) is 1. The molecule has 2 N–H and O–H groups in total. The largest absolute Gasteiger partial charge is 0.392 e. The molecule has 118 valence electrons. The van der Waals surface area contributed by atoms with Gasteiger partial charge in [-0.25, -0.2) is 0 Å². The van der Waals surface area contributed by atoms with Crippen molar-refractivity contribution < 1.29 is 5.11 Å². The minimum absolute atomic E-state index is 0.114. The highest BCUT2D eigenvalue weighted by Gasteiger charge is 2.24. The summed E-state index contributed by atoms with van der Waals surface area (Å²) < 4.78 is 0. The molecule has 0 radical (unpaired) electrons. The molecule has 0 aromatic heterocycles. The van der Waals surface area contributed by atoms with E-state index in [0.717, 1.165) is 12.1 Å². The van der Waals surface area contributed by atoms with E-state index < -0.39 is 0 Å². The van der Waals surface area contributed by atoms with Crippen molar-refractivity contribution in [3.05, 3.63) is 35.4 Å². The zero-order valence-corrected chi connectivity index (χ0v) is 13.7. The van der Waals surface area contributed by atoms with E-state index in [-0.39, 0.29) is 6.61 Å². The van der Waals surface area contributed by atoms with Gasteiger partial charge in [0.1, 0.15) is 0 Å². The van der Waals surface area contributed by atoms with Crippen LogP contribution >= 0.6 is 0 Å². The Kier molecular flexibility index (Phi) is 6.22. The highest BCUT2D eigenvalue weighted by Crippen LogP contribution is 2.19. The van der Waals surface area contributed by atoms with Crippen LogP contribution < -0.4 is 5.32 Å². The van der Waals surface area contributed by atoms with Gasteiger partial charge in [0, 0.05) is 18.6 Å². The molecule has 2 atom stereocenters. The fourth-order valence-electron chi connectivity index (χ4n) is 3.24. The van der Waals surface area contributed by atoms with Crippen LogP contribution in [0.4, 0.5) is 0 Å². The summed E-state index contributed by atoms with van der Waals surface area (Å²) in [5.41, 5.74) is 2.24. The second-order valence-electron chi connectivity index (χ2n) is 6.59. The summed E-state index contributed by atoms with van der Waals surface area (Å²) in [4.78, 5) is 2.63. The predicted molar refractivity (Wildman–Crippen MR) is 88.2 cm³/mol. The molecule has 1 saturated heterocycles. The summed E-state index contributed by atoms with van der Waals surface area (Å²) in [5.74, 6) is 0.673. The molecule has 0 aliphatic carbocycles. The van der Waals surface area contributed by atoms with Gasteiger partial charge in [-0.15, -0.1) is 0 Å². The van der Waals surface area contributed by atoms with Crippen molar-refractivity contribution in [3.8, 4) is 0 Å². The fraction of sp³-hybridized carbons (Fsp3) is 0.667. The van der Waals surface area contributed by atoms with Gasteiger partial charge in [0.15, 0.2) is 0 Å². The van der Waals surface area contributed by atoms with Crippen LogP contribution in [0.3, 0.4) is 0 Å². The molecule has 0 spiro atoms. The Morgan fingerprint density at radius 2 is 1.90 bits per heavy atom. The van der Waals surface area contributed by atoms with Crippen LogP contribution in [0.15, 0.2) is 24.3 Å². The van der Waals surface area contributed by atoms with E-state index in [1.165, 1.54) is 31.5 Å². The maximum atomic E-state index is 9.25. The second-order valence-corrected chi connectivity index (χ2v) is 6.59. The highest BCUT2D eigenvalue weighted by atomic mass is 16.3. The predicted octanol–water partition coefficient (Wildman–Crippen LogP) is 2.95. The molecular weight excluding hydrogens is 260 g/mol. The Bertz CT molecular complexity index is 427. The average Bonchev–Trinajstić information content (AvgIpc) is 3.01. The number of aliphatic hydroxyl groups is 1. The van der Waals surface area contributed by atoms with E-state index in [1.54, 1.807) is 0 Å². The third-order valence-electron chi connectivity index (χ3n) is 4.65. The van der Waals surface area contributed by atoms with Gasteiger partial charge in [0.25, 0.3) is 0 Å². The van der Waals surface area contributed by atoms with E-state index in [4.69, 9.17) is 0 Å². The lowest BCUT2D eigenvalue weighted by atomic mass is 10.0. The molecule has 1 aliphatic rings. The van der Waals surface area contributed by atoms with Gasteiger partial charge >= 0.3 is 0 Å². The maximum absolute atomic E-state index is 9.25. The highest BCUT2D eigenvalue weighted by molar-refractivity contribution is 5.25. The van der Waals surface area contributed by atoms with Gasteiger partial charge in [-0.2, -0.15) is 0 Å².